The molecule has 0 rings (SSSR count). The summed E-state index contributed by atoms with van der Waals surface area (Å²) in [4.78, 5) is 19.3. The maximum absolute atomic E-state index is 10.6. The molecule has 0 aliphatic rings. The fraction of sp³-hybridized carbons (Fsp3) is 1.00. The largest absolute Gasteiger partial charge is 0.331 e. The molecule has 1 atom stereocenters. The second-order valence-corrected chi connectivity index (χ2v) is 3.50. The molecule has 0 aromatic rings. The van der Waals surface area contributed by atoms with Gasteiger partial charge in [-0.2, -0.15) is 0 Å². The third-order valence-corrected chi connectivity index (χ3v) is 2.19. The van der Waals surface area contributed by atoms with Crippen LogP contribution in [0, 0.1) is 20.2 Å². The molecule has 0 radical (unpaired) electrons. The van der Waals surface area contributed by atoms with Gasteiger partial charge < -0.3 is 5.11 Å². The summed E-state index contributed by atoms with van der Waals surface area (Å²) < 4.78 is 0. The van der Waals surface area contributed by atoms with Crippen molar-refractivity contribution in [2.45, 2.75) is 44.8 Å². The zero-order valence-corrected chi connectivity index (χ0v) is 8.72. The standard InChI is InChI=1S/C8H16N2O5/c1-2-3-5-8(11,10(14)15)6-4-7-9(12)13/h11H,2-7H2,1H3. The number of hydrogen-bond acceptors (Lipinski definition) is 5. The fourth-order valence-electron chi connectivity index (χ4n) is 1.26. The minimum Gasteiger partial charge on any atom is -0.331 e. The monoisotopic (exact) mass is 220 g/mol. The molecule has 0 aromatic carbocycles. The van der Waals surface area contributed by atoms with Crippen LogP contribution in [0.15, 0.2) is 0 Å². The van der Waals surface area contributed by atoms with Crippen molar-refractivity contribution in [3.05, 3.63) is 20.2 Å². The molecule has 0 aliphatic carbocycles. The van der Waals surface area contributed by atoms with Crippen LogP contribution in [0.5, 0.6) is 0 Å². The molecule has 0 aromatic heterocycles. The van der Waals surface area contributed by atoms with E-state index in [0.717, 1.165) is 6.42 Å². The quantitative estimate of drug-likeness (QED) is 0.375. The summed E-state index contributed by atoms with van der Waals surface area (Å²) >= 11 is 0. The van der Waals surface area contributed by atoms with Crippen LogP contribution in [0.25, 0.3) is 0 Å². The Labute approximate surface area is 87.4 Å². The number of nitrogens with zero attached hydrogens (tertiary/aromatic N) is 2. The third-order valence-electron chi connectivity index (χ3n) is 2.19. The lowest BCUT2D eigenvalue weighted by Gasteiger charge is -2.17. The van der Waals surface area contributed by atoms with Gasteiger partial charge in [-0.05, 0) is 6.42 Å². The van der Waals surface area contributed by atoms with E-state index in [-0.39, 0.29) is 25.8 Å². The van der Waals surface area contributed by atoms with E-state index in [0.29, 0.717) is 6.42 Å². The average molecular weight is 220 g/mol. The number of unbranched alkanes of at least 4 members (excludes halogenated alkanes) is 1. The Kier molecular flexibility index (Phi) is 5.76. The van der Waals surface area contributed by atoms with E-state index in [1.165, 1.54) is 0 Å². The van der Waals surface area contributed by atoms with Crippen molar-refractivity contribution in [2.24, 2.45) is 0 Å². The van der Waals surface area contributed by atoms with Crippen LogP contribution in [-0.2, 0) is 0 Å². The van der Waals surface area contributed by atoms with E-state index in [2.05, 4.69) is 0 Å². The molecule has 0 saturated carbocycles. The first-order chi connectivity index (χ1) is 6.92. The summed E-state index contributed by atoms with van der Waals surface area (Å²) in [5.41, 5.74) is -1.99. The topological polar surface area (TPSA) is 107 Å². The Balaban J connectivity index is 4.13. The highest BCUT2D eigenvalue weighted by Crippen LogP contribution is 2.21. The maximum atomic E-state index is 10.6. The molecule has 0 amide bonds. The lowest BCUT2D eigenvalue weighted by Crippen LogP contribution is -2.38. The van der Waals surface area contributed by atoms with Crippen LogP contribution in [0.3, 0.4) is 0 Å². The summed E-state index contributed by atoms with van der Waals surface area (Å²) in [6, 6.07) is 0. The van der Waals surface area contributed by atoms with Gasteiger partial charge in [0.25, 0.3) is 0 Å². The Morgan fingerprint density at radius 2 is 1.73 bits per heavy atom. The van der Waals surface area contributed by atoms with Crippen LogP contribution in [-0.4, -0.2) is 27.2 Å². The molecule has 7 nitrogen and oxygen atoms in total. The van der Waals surface area contributed by atoms with Crippen molar-refractivity contribution in [3.63, 3.8) is 0 Å². The van der Waals surface area contributed by atoms with Gasteiger partial charge in [-0.3, -0.25) is 20.2 Å². The Hall–Kier alpha value is -1.24. The van der Waals surface area contributed by atoms with Gasteiger partial charge >= 0.3 is 5.72 Å². The van der Waals surface area contributed by atoms with Gasteiger partial charge in [0, 0.05) is 17.8 Å². The number of hydrogen-bond donors (Lipinski definition) is 1. The first-order valence-corrected chi connectivity index (χ1v) is 4.91. The molecule has 0 saturated heterocycles. The van der Waals surface area contributed by atoms with Crippen molar-refractivity contribution in [1.29, 1.82) is 0 Å². The zero-order chi connectivity index (χ0) is 11.9. The number of nitro groups is 2. The molecule has 1 N–H and O–H groups in total. The number of rotatable bonds is 8. The Bertz CT molecular complexity index is 233. The minimum absolute atomic E-state index is 0.0220. The number of aliphatic hydroxyl groups is 1. The fourth-order valence-corrected chi connectivity index (χ4v) is 1.26. The molecule has 0 aliphatic heterocycles. The molecule has 0 bridgehead atoms. The molecule has 7 heteroatoms. The first kappa shape index (κ1) is 13.8. The van der Waals surface area contributed by atoms with Crippen LogP contribution >= 0.6 is 0 Å². The molecular formula is C8H16N2O5. The predicted molar refractivity (Wildman–Crippen MR) is 52.6 cm³/mol. The predicted octanol–water partition coefficient (Wildman–Crippen LogP) is 1.20. The van der Waals surface area contributed by atoms with Gasteiger partial charge in [-0.1, -0.05) is 13.3 Å². The van der Waals surface area contributed by atoms with Gasteiger partial charge in [-0.15, -0.1) is 0 Å². The smallest absolute Gasteiger partial charge is 0.322 e. The molecule has 15 heavy (non-hydrogen) atoms. The van der Waals surface area contributed by atoms with Crippen molar-refractivity contribution in [2.75, 3.05) is 6.54 Å². The molecule has 0 spiro atoms. The molecule has 0 fully saturated rings. The average Bonchev–Trinajstić information content (AvgIpc) is 2.14. The van der Waals surface area contributed by atoms with E-state index >= 15 is 0 Å². The normalized spacial score (nSPS) is 14.5. The van der Waals surface area contributed by atoms with Crippen molar-refractivity contribution < 1.29 is 15.0 Å². The SMILES string of the molecule is CCCCC(O)(CCC[N+](=O)[O-])[N+](=O)[O-]. The van der Waals surface area contributed by atoms with Crippen molar-refractivity contribution in [3.8, 4) is 0 Å². The Morgan fingerprint density at radius 3 is 2.13 bits per heavy atom. The summed E-state index contributed by atoms with van der Waals surface area (Å²) in [5.74, 6) is 0. The van der Waals surface area contributed by atoms with E-state index in [4.69, 9.17) is 0 Å². The summed E-state index contributed by atoms with van der Waals surface area (Å²) in [5, 5.41) is 30.2. The summed E-state index contributed by atoms with van der Waals surface area (Å²) in [6.45, 7) is 1.51. The highest BCUT2D eigenvalue weighted by Gasteiger charge is 2.39. The first-order valence-electron chi connectivity index (χ1n) is 4.91. The molecule has 0 heterocycles. The lowest BCUT2D eigenvalue weighted by atomic mass is 10.0. The van der Waals surface area contributed by atoms with E-state index in [1.54, 1.807) is 0 Å². The van der Waals surface area contributed by atoms with Gasteiger partial charge in [0.15, 0.2) is 0 Å². The second-order valence-electron chi connectivity index (χ2n) is 3.50. The van der Waals surface area contributed by atoms with Gasteiger partial charge in [0.1, 0.15) is 0 Å². The van der Waals surface area contributed by atoms with E-state index in [9.17, 15) is 25.3 Å². The summed E-state index contributed by atoms with van der Waals surface area (Å²) in [6.07, 6.45) is 1.19. The lowest BCUT2D eigenvalue weighted by molar-refractivity contribution is -0.628. The summed E-state index contributed by atoms with van der Waals surface area (Å²) in [7, 11) is 0. The van der Waals surface area contributed by atoms with Crippen LogP contribution in [0.2, 0.25) is 0 Å². The van der Waals surface area contributed by atoms with Gasteiger partial charge in [0.05, 0.1) is 11.3 Å². The highest BCUT2D eigenvalue weighted by molar-refractivity contribution is 4.65. The maximum Gasteiger partial charge on any atom is 0.322 e. The van der Waals surface area contributed by atoms with E-state index in [1.807, 2.05) is 6.92 Å². The van der Waals surface area contributed by atoms with Crippen molar-refractivity contribution in [1.82, 2.24) is 0 Å². The van der Waals surface area contributed by atoms with Crippen LogP contribution < -0.4 is 0 Å². The Morgan fingerprint density at radius 1 is 1.20 bits per heavy atom. The minimum atomic E-state index is -1.99. The van der Waals surface area contributed by atoms with Gasteiger partial charge in [0.2, 0.25) is 6.54 Å². The third kappa shape index (κ3) is 5.26. The van der Waals surface area contributed by atoms with Crippen LogP contribution in [0.4, 0.5) is 0 Å². The molecule has 88 valence electrons. The zero-order valence-electron chi connectivity index (χ0n) is 8.72. The van der Waals surface area contributed by atoms with Gasteiger partial charge in [-0.25, -0.2) is 0 Å². The van der Waals surface area contributed by atoms with Crippen molar-refractivity contribution >= 4 is 0 Å². The second kappa shape index (κ2) is 6.28. The molecule has 1 unspecified atom stereocenters. The van der Waals surface area contributed by atoms with E-state index < -0.39 is 15.6 Å². The highest BCUT2D eigenvalue weighted by atomic mass is 16.7. The molecular weight excluding hydrogens is 204 g/mol. The van der Waals surface area contributed by atoms with Crippen LogP contribution in [0.1, 0.15) is 39.0 Å².